The Balaban J connectivity index is 1.23. The zero-order valence-corrected chi connectivity index (χ0v) is 18.5. The molecule has 0 aromatic heterocycles. The van der Waals surface area contributed by atoms with Crippen LogP contribution in [0.1, 0.15) is 71.6 Å². The maximum absolute atomic E-state index is 13.5. The fourth-order valence-corrected chi connectivity index (χ4v) is 10.4. The second-order valence-electron chi connectivity index (χ2n) is 11.8. The number of aliphatic carboxylic acids is 1. The Morgan fingerprint density at radius 3 is 2.13 bits per heavy atom. The van der Waals surface area contributed by atoms with Crippen LogP contribution in [0.3, 0.4) is 0 Å². The van der Waals surface area contributed by atoms with Gasteiger partial charge in [-0.25, -0.2) is 0 Å². The highest BCUT2D eigenvalue weighted by atomic mass is 16.5. The molecule has 1 N–H and O–H groups in total. The second-order valence-corrected chi connectivity index (χ2v) is 11.8. The minimum Gasteiger partial charge on any atom is -0.481 e. The van der Waals surface area contributed by atoms with Crippen LogP contribution in [0.15, 0.2) is 0 Å². The van der Waals surface area contributed by atoms with Gasteiger partial charge >= 0.3 is 11.9 Å². The summed E-state index contributed by atoms with van der Waals surface area (Å²) in [5.74, 6) is 4.00. The Labute approximate surface area is 180 Å². The lowest BCUT2D eigenvalue weighted by atomic mass is 9.65. The van der Waals surface area contributed by atoms with Crippen molar-refractivity contribution >= 4 is 11.9 Å². The van der Waals surface area contributed by atoms with Gasteiger partial charge in [0.05, 0.1) is 11.8 Å². The fourth-order valence-electron chi connectivity index (χ4n) is 10.4. The van der Waals surface area contributed by atoms with Gasteiger partial charge in [0.2, 0.25) is 0 Å². The predicted octanol–water partition coefficient (Wildman–Crippen LogP) is 5.01. The van der Waals surface area contributed by atoms with Gasteiger partial charge in [0, 0.05) is 0 Å². The maximum atomic E-state index is 13.5. The van der Waals surface area contributed by atoms with E-state index in [0.29, 0.717) is 29.6 Å². The highest BCUT2D eigenvalue weighted by Gasteiger charge is 2.67. The lowest BCUT2D eigenvalue weighted by Gasteiger charge is -2.39. The second kappa shape index (κ2) is 6.97. The first-order valence-corrected chi connectivity index (χ1v) is 13.0. The first kappa shape index (κ1) is 19.6. The summed E-state index contributed by atoms with van der Waals surface area (Å²) in [6, 6.07) is 0. The molecule has 0 heterocycles. The normalized spacial score (nSPS) is 55.1. The number of rotatable bonds is 5. The summed E-state index contributed by atoms with van der Waals surface area (Å²) < 4.78 is 6.24. The molecule has 13 unspecified atom stereocenters. The average Bonchev–Trinajstić information content (AvgIpc) is 3.53. The third-order valence-corrected chi connectivity index (χ3v) is 11.2. The summed E-state index contributed by atoms with van der Waals surface area (Å²) in [5.41, 5.74) is 0. The number of ether oxygens (including phenoxy) is 1. The van der Waals surface area contributed by atoms with Gasteiger partial charge in [0.25, 0.3) is 0 Å². The summed E-state index contributed by atoms with van der Waals surface area (Å²) in [4.78, 5) is 25.9. The van der Waals surface area contributed by atoms with E-state index in [9.17, 15) is 14.7 Å². The van der Waals surface area contributed by atoms with Crippen LogP contribution < -0.4 is 0 Å². The third-order valence-electron chi connectivity index (χ3n) is 11.2. The molecule has 6 aliphatic carbocycles. The van der Waals surface area contributed by atoms with Crippen LogP contribution in [-0.4, -0.2) is 23.1 Å². The summed E-state index contributed by atoms with van der Waals surface area (Å²) >= 11 is 0. The monoisotopic (exact) mass is 414 g/mol. The van der Waals surface area contributed by atoms with Crippen molar-refractivity contribution in [2.45, 2.75) is 77.7 Å². The molecule has 0 aromatic rings. The molecule has 4 nitrogen and oxygen atoms in total. The molecule has 6 fully saturated rings. The molecule has 0 spiro atoms. The summed E-state index contributed by atoms with van der Waals surface area (Å²) in [6.07, 6.45) is 10.9. The summed E-state index contributed by atoms with van der Waals surface area (Å²) in [6.45, 7) is 4.54. The fraction of sp³-hybridized carbons (Fsp3) is 0.923. The maximum Gasteiger partial charge on any atom is 0.310 e. The van der Waals surface area contributed by atoms with E-state index in [1.54, 1.807) is 0 Å². The van der Waals surface area contributed by atoms with Crippen LogP contribution in [0.5, 0.6) is 0 Å². The number of carbonyl (C=O) groups is 2. The number of hydrogen-bond acceptors (Lipinski definition) is 3. The molecule has 0 amide bonds. The van der Waals surface area contributed by atoms with Gasteiger partial charge in [0.1, 0.15) is 6.10 Å². The van der Waals surface area contributed by atoms with Crippen LogP contribution in [-0.2, 0) is 14.3 Å². The highest BCUT2D eigenvalue weighted by Crippen LogP contribution is 2.68. The van der Waals surface area contributed by atoms with Crippen molar-refractivity contribution in [2.75, 3.05) is 0 Å². The van der Waals surface area contributed by atoms with E-state index in [2.05, 4.69) is 13.8 Å². The molecular weight excluding hydrogens is 376 g/mol. The molecule has 0 aromatic carbocycles. The summed E-state index contributed by atoms with van der Waals surface area (Å²) in [7, 11) is 0. The standard InChI is InChI=1S/C26H38O4/c1-3-12-8-13(4-2)22-19-11-18(21(12)22)23(25(27)28)24(19)26(29)30-20-10-14-9-17(20)16-7-5-6-15(14)16/h12-24H,3-11H2,1-2H3,(H,27,28). The number of carboxylic acid groups (broad SMARTS) is 1. The molecule has 4 heteroatoms. The number of fused-ring (bicyclic) bond motifs is 10. The molecule has 0 saturated heterocycles. The minimum atomic E-state index is -0.749. The van der Waals surface area contributed by atoms with Crippen molar-refractivity contribution in [3.05, 3.63) is 0 Å². The first-order valence-electron chi connectivity index (χ1n) is 13.0. The van der Waals surface area contributed by atoms with Crippen molar-refractivity contribution in [2.24, 2.45) is 71.0 Å². The van der Waals surface area contributed by atoms with Crippen LogP contribution in [0.2, 0.25) is 0 Å². The highest BCUT2D eigenvalue weighted by molar-refractivity contribution is 5.83. The zero-order valence-electron chi connectivity index (χ0n) is 18.5. The quantitative estimate of drug-likeness (QED) is 0.642. The Bertz CT molecular complexity index is 733. The molecule has 4 bridgehead atoms. The van der Waals surface area contributed by atoms with E-state index in [-0.39, 0.29) is 23.9 Å². The van der Waals surface area contributed by atoms with Crippen molar-refractivity contribution in [3.63, 3.8) is 0 Å². The van der Waals surface area contributed by atoms with Gasteiger partial charge in [0.15, 0.2) is 0 Å². The lowest BCUT2D eigenvalue weighted by molar-refractivity contribution is -0.170. The van der Waals surface area contributed by atoms with E-state index in [0.717, 1.165) is 43.4 Å². The Kier molecular flexibility index (Phi) is 4.56. The summed E-state index contributed by atoms with van der Waals surface area (Å²) in [5, 5.41) is 10.1. The van der Waals surface area contributed by atoms with Gasteiger partial charge in [-0.05, 0) is 97.7 Å². The van der Waals surface area contributed by atoms with Gasteiger partial charge in [-0.15, -0.1) is 0 Å². The van der Waals surface area contributed by atoms with E-state index in [4.69, 9.17) is 4.74 Å². The van der Waals surface area contributed by atoms with E-state index >= 15 is 0 Å². The molecule has 6 saturated carbocycles. The molecule has 6 rings (SSSR count). The molecule has 13 atom stereocenters. The lowest BCUT2D eigenvalue weighted by Crippen LogP contribution is -2.45. The van der Waals surface area contributed by atoms with Crippen molar-refractivity contribution in [1.29, 1.82) is 0 Å². The van der Waals surface area contributed by atoms with E-state index < -0.39 is 17.8 Å². The molecule has 0 radical (unpaired) electrons. The van der Waals surface area contributed by atoms with Crippen LogP contribution in [0.4, 0.5) is 0 Å². The zero-order chi connectivity index (χ0) is 20.7. The van der Waals surface area contributed by atoms with E-state index in [1.807, 2.05) is 0 Å². The number of carbonyl (C=O) groups excluding carboxylic acids is 1. The van der Waals surface area contributed by atoms with Gasteiger partial charge in [-0.3, -0.25) is 9.59 Å². The van der Waals surface area contributed by atoms with Crippen molar-refractivity contribution in [3.8, 4) is 0 Å². The number of esters is 1. The van der Waals surface area contributed by atoms with Crippen molar-refractivity contribution < 1.29 is 19.4 Å². The smallest absolute Gasteiger partial charge is 0.310 e. The van der Waals surface area contributed by atoms with Gasteiger partial charge < -0.3 is 9.84 Å². The largest absolute Gasteiger partial charge is 0.481 e. The number of carboxylic acids is 1. The minimum absolute atomic E-state index is 0.0696. The number of hydrogen-bond donors (Lipinski definition) is 1. The molecule has 0 aliphatic heterocycles. The predicted molar refractivity (Wildman–Crippen MR) is 112 cm³/mol. The van der Waals surface area contributed by atoms with Crippen LogP contribution >= 0.6 is 0 Å². The Morgan fingerprint density at radius 2 is 1.47 bits per heavy atom. The van der Waals surface area contributed by atoms with Crippen LogP contribution in [0.25, 0.3) is 0 Å². The topological polar surface area (TPSA) is 63.6 Å². The van der Waals surface area contributed by atoms with Gasteiger partial charge in [-0.2, -0.15) is 0 Å². The van der Waals surface area contributed by atoms with E-state index in [1.165, 1.54) is 32.1 Å². The molecular formula is C26H38O4. The first-order chi connectivity index (χ1) is 14.5. The average molecular weight is 415 g/mol. The Morgan fingerprint density at radius 1 is 0.800 bits per heavy atom. The van der Waals surface area contributed by atoms with Crippen LogP contribution in [0, 0.1) is 71.0 Å². The molecule has 6 aliphatic rings. The molecule has 166 valence electrons. The molecule has 30 heavy (non-hydrogen) atoms. The third kappa shape index (κ3) is 2.51. The Hall–Kier alpha value is -1.06. The van der Waals surface area contributed by atoms with Crippen molar-refractivity contribution in [1.82, 2.24) is 0 Å². The SMILES string of the molecule is CCC1CC(CC)C2C3CC(C(C(=O)O)C3C(=O)OC3CC4CC3C3CCCC43)C12. The van der Waals surface area contributed by atoms with Gasteiger partial charge in [-0.1, -0.05) is 33.1 Å².